The Labute approximate surface area is 157 Å². The second-order valence-electron chi connectivity index (χ2n) is 6.13. The number of amides is 1. The third kappa shape index (κ3) is 3.08. The van der Waals surface area contributed by atoms with E-state index in [1.54, 1.807) is 18.2 Å². The van der Waals surface area contributed by atoms with Gasteiger partial charge < -0.3 is 4.90 Å². The van der Waals surface area contributed by atoms with Gasteiger partial charge in [-0.25, -0.2) is 4.68 Å². The van der Waals surface area contributed by atoms with Crippen LogP contribution in [0.2, 0.25) is 5.02 Å². The lowest BCUT2D eigenvalue weighted by molar-refractivity contribution is -0.143. The molecule has 0 N–H and O–H groups in total. The summed E-state index contributed by atoms with van der Waals surface area (Å²) in [6, 6.07) is 13.1. The average molecular weight is 392 g/mol. The quantitative estimate of drug-likeness (QED) is 0.632. The SMILES string of the molecule is O=C(c1cnn(-c2cccc(Cl)c2)c1C(F)(F)F)N1CCc2ccccc21. The molecule has 0 radical (unpaired) electrons. The Morgan fingerprint density at radius 1 is 1.11 bits per heavy atom. The predicted molar refractivity (Wildman–Crippen MR) is 95.4 cm³/mol. The Kier molecular flexibility index (Phi) is 4.19. The second kappa shape index (κ2) is 6.42. The molecule has 0 fully saturated rings. The highest BCUT2D eigenvalue weighted by molar-refractivity contribution is 6.30. The molecule has 0 aliphatic carbocycles. The number of hydrogen-bond acceptors (Lipinski definition) is 2. The van der Waals surface area contributed by atoms with Crippen LogP contribution >= 0.6 is 11.6 Å². The fourth-order valence-corrected chi connectivity index (χ4v) is 3.46. The Morgan fingerprint density at radius 3 is 2.63 bits per heavy atom. The van der Waals surface area contributed by atoms with Crippen LogP contribution in [-0.4, -0.2) is 22.2 Å². The van der Waals surface area contributed by atoms with Crippen molar-refractivity contribution in [3.63, 3.8) is 0 Å². The maximum atomic E-state index is 13.8. The third-order valence-corrected chi connectivity index (χ3v) is 4.69. The summed E-state index contributed by atoms with van der Waals surface area (Å²) in [6.07, 6.45) is -3.19. The van der Waals surface area contributed by atoms with Gasteiger partial charge in [0.15, 0.2) is 5.69 Å². The van der Waals surface area contributed by atoms with Crippen LogP contribution in [0.5, 0.6) is 0 Å². The van der Waals surface area contributed by atoms with Crippen LogP contribution < -0.4 is 4.90 Å². The third-order valence-electron chi connectivity index (χ3n) is 4.45. The summed E-state index contributed by atoms with van der Waals surface area (Å²) in [5, 5.41) is 4.11. The van der Waals surface area contributed by atoms with Crippen LogP contribution in [0.4, 0.5) is 18.9 Å². The largest absolute Gasteiger partial charge is 0.434 e. The number of halogens is 4. The number of fused-ring (bicyclic) bond motifs is 1. The van der Waals surface area contributed by atoms with Crippen molar-refractivity contribution < 1.29 is 18.0 Å². The van der Waals surface area contributed by atoms with Gasteiger partial charge in [-0.3, -0.25) is 4.79 Å². The number of nitrogens with zero attached hydrogens (tertiary/aromatic N) is 3. The zero-order chi connectivity index (χ0) is 19.2. The van der Waals surface area contributed by atoms with E-state index in [0.717, 1.165) is 11.8 Å². The van der Waals surface area contributed by atoms with Gasteiger partial charge >= 0.3 is 6.18 Å². The molecule has 1 amide bonds. The molecule has 0 saturated heterocycles. The molecule has 27 heavy (non-hydrogen) atoms. The van der Waals surface area contributed by atoms with Gasteiger partial charge in [-0.2, -0.15) is 18.3 Å². The number of anilines is 1. The smallest absolute Gasteiger partial charge is 0.308 e. The number of rotatable bonds is 2. The molecule has 1 aliphatic heterocycles. The first kappa shape index (κ1) is 17.6. The average Bonchev–Trinajstić information content (AvgIpc) is 3.25. The highest BCUT2D eigenvalue weighted by Crippen LogP contribution is 2.36. The highest BCUT2D eigenvalue weighted by atomic mass is 35.5. The Bertz CT molecular complexity index is 1030. The minimum absolute atomic E-state index is 0.135. The summed E-state index contributed by atoms with van der Waals surface area (Å²) in [5.74, 6) is -0.722. The number of aromatic nitrogens is 2. The summed E-state index contributed by atoms with van der Waals surface area (Å²) in [4.78, 5) is 14.3. The van der Waals surface area contributed by atoms with Crippen molar-refractivity contribution >= 4 is 23.2 Å². The van der Waals surface area contributed by atoms with E-state index in [9.17, 15) is 18.0 Å². The van der Waals surface area contributed by atoms with Gasteiger partial charge in [-0.05, 0) is 36.2 Å². The molecular weight excluding hydrogens is 379 g/mol. The lowest BCUT2D eigenvalue weighted by Gasteiger charge is -2.18. The zero-order valence-corrected chi connectivity index (χ0v) is 14.6. The molecular formula is C19H13ClF3N3O. The van der Waals surface area contributed by atoms with Gasteiger partial charge in [-0.1, -0.05) is 35.9 Å². The molecule has 0 spiro atoms. The lowest BCUT2D eigenvalue weighted by Crippen LogP contribution is -2.31. The number of carbonyl (C=O) groups excluding carboxylic acids is 1. The first-order chi connectivity index (χ1) is 12.9. The molecule has 0 saturated carbocycles. The maximum Gasteiger partial charge on any atom is 0.434 e. The van der Waals surface area contributed by atoms with E-state index in [1.807, 2.05) is 12.1 Å². The number of alkyl halides is 3. The van der Waals surface area contributed by atoms with Crippen LogP contribution in [0, 0.1) is 0 Å². The van der Waals surface area contributed by atoms with E-state index < -0.39 is 23.3 Å². The van der Waals surface area contributed by atoms with Gasteiger partial charge in [0.1, 0.15) is 0 Å². The van der Waals surface area contributed by atoms with E-state index >= 15 is 0 Å². The topological polar surface area (TPSA) is 38.1 Å². The van der Waals surface area contributed by atoms with Gasteiger partial charge in [-0.15, -0.1) is 0 Å². The molecule has 1 aromatic heterocycles. The fraction of sp³-hybridized carbons (Fsp3) is 0.158. The first-order valence-electron chi connectivity index (χ1n) is 8.17. The normalized spacial score (nSPS) is 13.7. The Hall–Kier alpha value is -2.80. The van der Waals surface area contributed by atoms with Gasteiger partial charge in [0.2, 0.25) is 0 Å². The second-order valence-corrected chi connectivity index (χ2v) is 6.57. The van der Waals surface area contributed by atoms with Crippen LogP contribution in [0.15, 0.2) is 54.7 Å². The van der Waals surface area contributed by atoms with E-state index in [2.05, 4.69) is 5.10 Å². The Morgan fingerprint density at radius 2 is 1.89 bits per heavy atom. The van der Waals surface area contributed by atoms with E-state index in [-0.39, 0.29) is 10.7 Å². The van der Waals surface area contributed by atoms with E-state index in [4.69, 9.17) is 11.6 Å². The van der Waals surface area contributed by atoms with Gasteiger partial charge in [0.25, 0.3) is 5.91 Å². The maximum absolute atomic E-state index is 13.8. The van der Waals surface area contributed by atoms with Crippen molar-refractivity contribution in [1.29, 1.82) is 0 Å². The van der Waals surface area contributed by atoms with Gasteiger partial charge in [0, 0.05) is 17.3 Å². The summed E-state index contributed by atoms with van der Waals surface area (Å²) in [7, 11) is 0. The number of benzene rings is 2. The zero-order valence-electron chi connectivity index (χ0n) is 13.9. The van der Waals surface area contributed by atoms with Crippen molar-refractivity contribution in [1.82, 2.24) is 9.78 Å². The lowest BCUT2D eigenvalue weighted by atomic mass is 10.1. The fourth-order valence-electron chi connectivity index (χ4n) is 3.28. The molecule has 1 aliphatic rings. The molecule has 4 rings (SSSR count). The van der Waals surface area contributed by atoms with Crippen LogP contribution in [-0.2, 0) is 12.6 Å². The molecule has 0 atom stereocenters. The Balaban J connectivity index is 1.81. The summed E-state index contributed by atoms with van der Waals surface area (Å²) in [6.45, 7) is 0.331. The van der Waals surface area contributed by atoms with Gasteiger partial charge in [0.05, 0.1) is 17.4 Å². The van der Waals surface area contributed by atoms with Crippen molar-refractivity contribution in [2.75, 3.05) is 11.4 Å². The summed E-state index contributed by atoms with van der Waals surface area (Å²) < 4.78 is 42.1. The van der Waals surface area contributed by atoms with E-state index in [0.29, 0.717) is 23.3 Å². The number of hydrogen-bond donors (Lipinski definition) is 0. The van der Waals surface area contributed by atoms with Crippen molar-refractivity contribution in [2.45, 2.75) is 12.6 Å². The summed E-state index contributed by atoms with van der Waals surface area (Å²) >= 11 is 5.89. The van der Waals surface area contributed by atoms with Crippen LogP contribution in [0.1, 0.15) is 21.6 Å². The molecule has 2 aromatic carbocycles. The summed E-state index contributed by atoms with van der Waals surface area (Å²) in [5.41, 5.74) is 0.0989. The first-order valence-corrected chi connectivity index (χ1v) is 8.55. The van der Waals surface area contributed by atoms with Crippen molar-refractivity contribution in [3.8, 4) is 5.69 Å². The van der Waals surface area contributed by atoms with Crippen molar-refractivity contribution in [2.24, 2.45) is 0 Å². The molecule has 3 aromatic rings. The van der Waals surface area contributed by atoms with E-state index in [1.165, 1.54) is 23.1 Å². The number of para-hydroxylation sites is 1. The molecule has 0 bridgehead atoms. The van der Waals surface area contributed by atoms with Crippen LogP contribution in [0.3, 0.4) is 0 Å². The molecule has 0 unspecified atom stereocenters. The molecule has 4 nitrogen and oxygen atoms in total. The number of carbonyl (C=O) groups is 1. The predicted octanol–water partition coefficient (Wildman–Crippen LogP) is 4.75. The standard InChI is InChI=1S/C19H13ClF3N3O/c20-13-5-3-6-14(10-13)26-17(19(21,22)23)15(11-24-26)18(27)25-9-8-12-4-1-2-7-16(12)25/h1-7,10-11H,8-9H2. The minimum atomic E-state index is -4.76. The van der Waals surface area contributed by atoms with Crippen LogP contribution in [0.25, 0.3) is 5.69 Å². The molecule has 8 heteroatoms. The molecule has 2 heterocycles. The van der Waals surface area contributed by atoms with Crippen molar-refractivity contribution in [3.05, 3.63) is 76.6 Å². The monoisotopic (exact) mass is 391 g/mol. The molecule has 138 valence electrons. The highest BCUT2D eigenvalue weighted by Gasteiger charge is 2.42. The minimum Gasteiger partial charge on any atom is -0.308 e.